The van der Waals surface area contributed by atoms with Gasteiger partial charge in [-0.15, -0.1) is 0 Å². The molecule has 2 aromatic rings. The number of aromatic nitrogens is 1. The van der Waals surface area contributed by atoms with Crippen LogP contribution in [0.5, 0.6) is 5.75 Å². The third kappa shape index (κ3) is 2.73. The molecule has 1 aromatic carbocycles. The fourth-order valence-electron chi connectivity index (χ4n) is 2.21. The second-order valence-electron chi connectivity index (χ2n) is 4.39. The molecular weight excluding hydrogens is 280 g/mol. The summed E-state index contributed by atoms with van der Waals surface area (Å²) in [6, 6.07) is 3.66. The molecule has 2 N–H and O–H groups in total. The maximum atomic E-state index is 11.5. The van der Waals surface area contributed by atoms with Gasteiger partial charge in [0.1, 0.15) is 5.75 Å². The molecule has 0 amide bonds. The van der Waals surface area contributed by atoms with Gasteiger partial charge in [-0.25, -0.2) is 0 Å². The zero-order valence-electron chi connectivity index (χ0n) is 11.5. The van der Waals surface area contributed by atoms with Crippen LogP contribution in [-0.2, 0) is 22.5 Å². The van der Waals surface area contributed by atoms with Gasteiger partial charge in [0, 0.05) is 24.7 Å². The van der Waals surface area contributed by atoms with Gasteiger partial charge < -0.3 is 19.8 Å². The highest BCUT2D eigenvalue weighted by Crippen LogP contribution is 2.33. The second-order valence-corrected chi connectivity index (χ2v) is 4.80. The number of nitrogens with two attached hydrogens (primary N) is 1. The van der Waals surface area contributed by atoms with Crippen molar-refractivity contribution in [2.75, 3.05) is 20.8 Å². The number of esters is 1. The lowest BCUT2D eigenvalue weighted by Gasteiger charge is -2.06. The van der Waals surface area contributed by atoms with Crippen molar-refractivity contribution in [3.8, 4) is 5.75 Å². The first kappa shape index (κ1) is 14.7. The largest absolute Gasteiger partial charge is 0.495 e. The Balaban J connectivity index is 2.58. The molecule has 108 valence electrons. The molecule has 0 aliphatic heterocycles. The monoisotopic (exact) mass is 296 g/mol. The fraction of sp³-hybridized carbons (Fsp3) is 0.357. The topological polar surface area (TPSA) is 66.5 Å². The molecule has 0 bridgehead atoms. The molecule has 1 heterocycles. The molecule has 0 spiro atoms. The van der Waals surface area contributed by atoms with Crippen LogP contribution in [-0.4, -0.2) is 31.3 Å². The summed E-state index contributed by atoms with van der Waals surface area (Å²) in [6.45, 7) is 1.16. The van der Waals surface area contributed by atoms with Crippen molar-refractivity contribution in [3.63, 3.8) is 0 Å². The summed E-state index contributed by atoms with van der Waals surface area (Å²) in [6.07, 6.45) is 2.11. The molecule has 1 aromatic heterocycles. The number of nitrogens with zero attached hydrogens (tertiary/aromatic N) is 1. The minimum absolute atomic E-state index is 0.204. The number of fused-ring (bicyclic) bond motifs is 1. The minimum atomic E-state index is -0.286. The first-order valence-electron chi connectivity index (χ1n) is 6.22. The van der Waals surface area contributed by atoms with Gasteiger partial charge in [-0.1, -0.05) is 11.6 Å². The number of halogens is 1. The first-order chi connectivity index (χ1) is 9.60. The Bertz CT molecular complexity index is 637. The van der Waals surface area contributed by atoms with Crippen molar-refractivity contribution >= 4 is 28.5 Å². The quantitative estimate of drug-likeness (QED) is 0.857. The van der Waals surface area contributed by atoms with E-state index < -0.39 is 0 Å². The zero-order valence-corrected chi connectivity index (χ0v) is 12.2. The second kappa shape index (κ2) is 6.15. The summed E-state index contributed by atoms with van der Waals surface area (Å²) >= 11 is 6.16. The Morgan fingerprint density at radius 1 is 1.40 bits per heavy atom. The number of carbonyl (C=O) groups excluding carboxylic acids is 1. The van der Waals surface area contributed by atoms with Crippen molar-refractivity contribution in [2.45, 2.75) is 13.0 Å². The van der Waals surface area contributed by atoms with E-state index in [9.17, 15) is 4.79 Å². The summed E-state index contributed by atoms with van der Waals surface area (Å²) in [7, 11) is 2.93. The number of ether oxygens (including phenoxy) is 2. The predicted octanol–water partition coefficient (Wildman–Crippen LogP) is 1.98. The smallest absolute Gasteiger partial charge is 0.310 e. The van der Waals surface area contributed by atoms with Crippen LogP contribution in [0.2, 0.25) is 5.02 Å². The van der Waals surface area contributed by atoms with Gasteiger partial charge in [0.25, 0.3) is 0 Å². The Hall–Kier alpha value is -1.72. The van der Waals surface area contributed by atoms with E-state index in [2.05, 4.69) is 0 Å². The van der Waals surface area contributed by atoms with E-state index in [-0.39, 0.29) is 12.4 Å². The van der Waals surface area contributed by atoms with Gasteiger partial charge in [-0.2, -0.15) is 0 Å². The molecule has 0 unspecified atom stereocenters. The molecule has 5 nitrogen and oxygen atoms in total. The van der Waals surface area contributed by atoms with Gasteiger partial charge in [0.15, 0.2) is 0 Å². The first-order valence-corrected chi connectivity index (χ1v) is 6.60. The molecule has 2 rings (SSSR count). The Morgan fingerprint density at radius 3 is 2.75 bits per heavy atom. The summed E-state index contributed by atoms with van der Waals surface area (Å²) in [5, 5.41) is 1.45. The fourth-order valence-corrected chi connectivity index (χ4v) is 2.45. The number of hydrogen-bond donors (Lipinski definition) is 1. The molecule has 0 saturated heterocycles. The molecular formula is C14H17ClN2O3. The van der Waals surface area contributed by atoms with Crippen LogP contribution < -0.4 is 10.5 Å². The Kier molecular flexibility index (Phi) is 4.52. The number of hydrogen-bond acceptors (Lipinski definition) is 4. The molecule has 6 heteroatoms. The number of carbonyl (C=O) groups is 1. The van der Waals surface area contributed by atoms with Crippen molar-refractivity contribution in [2.24, 2.45) is 5.73 Å². The normalized spacial score (nSPS) is 10.8. The molecule has 0 radical (unpaired) electrons. The molecule has 0 saturated carbocycles. The molecule has 20 heavy (non-hydrogen) atoms. The van der Waals surface area contributed by atoms with Gasteiger partial charge in [0.05, 0.1) is 31.2 Å². The van der Waals surface area contributed by atoms with Crippen molar-refractivity contribution in [1.82, 2.24) is 4.57 Å². The average molecular weight is 297 g/mol. The highest BCUT2D eigenvalue weighted by molar-refractivity contribution is 6.32. The highest BCUT2D eigenvalue weighted by Gasteiger charge is 2.15. The van der Waals surface area contributed by atoms with E-state index in [1.807, 2.05) is 22.9 Å². The highest BCUT2D eigenvalue weighted by atomic mass is 35.5. The maximum Gasteiger partial charge on any atom is 0.310 e. The maximum absolute atomic E-state index is 11.5. The molecule has 0 aliphatic rings. The lowest BCUT2D eigenvalue weighted by Crippen LogP contribution is -2.09. The van der Waals surface area contributed by atoms with Crippen molar-refractivity contribution < 1.29 is 14.3 Å². The summed E-state index contributed by atoms with van der Waals surface area (Å²) in [5.41, 5.74) is 7.41. The number of benzene rings is 1. The van der Waals surface area contributed by atoms with E-state index in [0.29, 0.717) is 23.9 Å². The lowest BCUT2D eigenvalue weighted by molar-refractivity contribution is -0.139. The van der Waals surface area contributed by atoms with Crippen LogP contribution in [0.4, 0.5) is 0 Å². The zero-order chi connectivity index (χ0) is 14.7. The van der Waals surface area contributed by atoms with Crippen LogP contribution in [0.1, 0.15) is 5.56 Å². The van der Waals surface area contributed by atoms with Crippen LogP contribution in [0.3, 0.4) is 0 Å². The third-order valence-corrected chi connectivity index (χ3v) is 3.47. The molecule has 0 aliphatic carbocycles. The predicted molar refractivity (Wildman–Crippen MR) is 78.3 cm³/mol. The molecule has 0 fully saturated rings. The van der Waals surface area contributed by atoms with E-state index in [4.69, 9.17) is 26.8 Å². The van der Waals surface area contributed by atoms with Gasteiger partial charge in [-0.05, 0) is 17.7 Å². The number of rotatable bonds is 5. The molecule has 0 atom stereocenters. The number of methoxy groups -OCH3 is 2. The summed E-state index contributed by atoms with van der Waals surface area (Å²) in [5.74, 6) is 0.293. The summed E-state index contributed by atoms with van der Waals surface area (Å²) in [4.78, 5) is 11.5. The van der Waals surface area contributed by atoms with E-state index >= 15 is 0 Å². The SMILES string of the molecule is COC(=O)Cc1cn(CCN)c2cc(Cl)c(OC)cc12. The van der Waals surface area contributed by atoms with Crippen LogP contribution in [0.25, 0.3) is 10.9 Å². The Morgan fingerprint density at radius 2 is 2.15 bits per heavy atom. The van der Waals surface area contributed by atoms with Gasteiger partial charge in [0.2, 0.25) is 0 Å². The van der Waals surface area contributed by atoms with E-state index in [1.54, 1.807) is 7.11 Å². The standard InChI is InChI=1S/C14H17ClN2O3/c1-19-13-6-10-9(5-14(18)20-2)8-17(4-3-16)12(10)7-11(13)15/h6-8H,3-5,16H2,1-2H3. The average Bonchev–Trinajstić information content (AvgIpc) is 2.75. The van der Waals surface area contributed by atoms with Crippen molar-refractivity contribution in [1.29, 1.82) is 0 Å². The van der Waals surface area contributed by atoms with Crippen LogP contribution in [0.15, 0.2) is 18.3 Å². The van der Waals surface area contributed by atoms with E-state index in [1.165, 1.54) is 7.11 Å². The van der Waals surface area contributed by atoms with Crippen LogP contribution >= 0.6 is 11.6 Å². The van der Waals surface area contributed by atoms with Gasteiger partial charge >= 0.3 is 5.97 Å². The minimum Gasteiger partial charge on any atom is -0.495 e. The third-order valence-electron chi connectivity index (χ3n) is 3.17. The Labute approximate surface area is 122 Å². The van der Waals surface area contributed by atoms with Gasteiger partial charge in [-0.3, -0.25) is 4.79 Å². The van der Waals surface area contributed by atoms with Crippen molar-refractivity contribution in [3.05, 3.63) is 28.9 Å². The van der Waals surface area contributed by atoms with Crippen LogP contribution in [0, 0.1) is 0 Å². The lowest BCUT2D eigenvalue weighted by atomic mass is 10.1. The summed E-state index contributed by atoms with van der Waals surface area (Å²) < 4.78 is 11.9. The van der Waals surface area contributed by atoms with E-state index in [0.717, 1.165) is 16.5 Å².